The first kappa shape index (κ1) is 21.5. The Hall–Kier alpha value is -2.73. The monoisotopic (exact) mass is 468 g/mol. The van der Waals surface area contributed by atoms with Gasteiger partial charge >= 0.3 is 5.97 Å². The molecule has 3 aromatic carbocycles. The van der Waals surface area contributed by atoms with E-state index in [4.69, 9.17) is 33.0 Å². The maximum absolute atomic E-state index is 12.6. The third-order valence-electron chi connectivity index (χ3n) is 4.60. The average Bonchev–Trinajstić information content (AvgIpc) is 3.10. The lowest BCUT2D eigenvalue weighted by molar-refractivity contribution is 0.0470. The molecule has 0 aliphatic carbocycles. The lowest BCUT2D eigenvalue weighted by Gasteiger charge is -2.09. The first-order chi connectivity index (χ1) is 15.0. The fourth-order valence-electron chi connectivity index (χ4n) is 3.08. The van der Waals surface area contributed by atoms with E-state index in [2.05, 4.69) is 0 Å². The van der Waals surface area contributed by atoms with E-state index in [1.165, 1.54) is 6.07 Å². The zero-order valence-corrected chi connectivity index (χ0v) is 18.9. The summed E-state index contributed by atoms with van der Waals surface area (Å²) in [5.74, 6) is -0.475. The van der Waals surface area contributed by atoms with E-state index in [-0.39, 0.29) is 6.61 Å². The van der Waals surface area contributed by atoms with Crippen molar-refractivity contribution in [2.24, 2.45) is 7.05 Å². The summed E-state index contributed by atoms with van der Waals surface area (Å²) in [6.45, 7) is 0.0757. The minimum absolute atomic E-state index is 0.0757. The largest absolute Gasteiger partial charge is 0.457 e. The van der Waals surface area contributed by atoms with Crippen LogP contribution in [0.1, 0.15) is 15.9 Å². The summed E-state index contributed by atoms with van der Waals surface area (Å²) in [5.41, 5.74) is 2.93. The van der Waals surface area contributed by atoms with E-state index in [0.29, 0.717) is 15.6 Å². The Kier molecular flexibility index (Phi) is 6.66. The average molecular weight is 469 g/mol. The van der Waals surface area contributed by atoms with E-state index < -0.39 is 5.97 Å². The summed E-state index contributed by atoms with van der Waals surface area (Å²) in [7, 11) is 1.89. The summed E-state index contributed by atoms with van der Waals surface area (Å²) in [6.07, 6.45) is 0. The second kappa shape index (κ2) is 9.60. The van der Waals surface area contributed by atoms with Gasteiger partial charge in [-0.3, -0.25) is 4.68 Å². The number of carbonyl (C=O) groups is 1. The molecule has 31 heavy (non-hydrogen) atoms. The van der Waals surface area contributed by atoms with E-state index in [0.717, 1.165) is 26.7 Å². The highest BCUT2D eigenvalue weighted by atomic mass is 35.5. The lowest BCUT2D eigenvalue weighted by atomic mass is 10.1. The van der Waals surface area contributed by atoms with Crippen LogP contribution in [0.15, 0.2) is 88.8 Å². The van der Waals surface area contributed by atoms with E-state index in [1.807, 2.05) is 72.4 Å². The van der Waals surface area contributed by atoms with Gasteiger partial charge < -0.3 is 4.74 Å². The molecule has 4 nitrogen and oxygen atoms in total. The maximum Gasteiger partial charge on any atom is 0.338 e. The molecule has 0 aliphatic heterocycles. The van der Waals surface area contributed by atoms with Gasteiger partial charge in [0.25, 0.3) is 0 Å². The highest BCUT2D eigenvalue weighted by Gasteiger charge is 2.21. The summed E-state index contributed by atoms with van der Waals surface area (Å²) in [4.78, 5) is 13.7. The van der Waals surface area contributed by atoms with Crippen LogP contribution in [0.2, 0.25) is 10.0 Å². The Labute approximate surface area is 194 Å². The Morgan fingerprint density at radius 2 is 1.65 bits per heavy atom. The molecule has 156 valence electrons. The summed E-state index contributed by atoms with van der Waals surface area (Å²) >= 11 is 13.6. The van der Waals surface area contributed by atoms with Crippen LogP contribution in [0.5, 0.6) is 0 Å². The van der Waals surface area contributed by atoms with Crippen molar-refractivity contribution in [1.29, 1.82) is 0 Å². The Morgan fingerprint density at radius 1 is 0.968 bits per heavy atom. The molecular weight excluding hydrogens is 451 g/mol. The number of aryl methyl sites for hydroxylation is 1. The highest BCUT2D eigenvalue weighted by Crippen LogP contribution is 2.36. The predicted octanol–water partition coefficient (Wildman–Crippen LogP) is 6.90. The second-order valence-electron chi connectivity index (χ2n) is 6.74. The van der Waals surface area contributed by atoms with Crippen LogP contribution >= 0.6 is 35.0 Å². The molecule has 0 unspecified atom stereocenters. The molecule has 0 atom stereocenters. The fourth-order valence-corrected chi connectivity index (χ4v) is 4.35. The van der Waals surface area contributed by atoms with Gasteiger partial charge in [-0.15, -0.1) is 0 Å². The van der Waals surface area contributed by atoms with E-state index in [1.54, 1.807) is 23.9 Å². The van der Waals surface area contributed by atoms with Crippen molar-refractivity contribution in [1.82, 2.24) is 9.78 Å². The van der Waals surface area contributed by atoms with Gasteiger partial charge in [-0.25, -0.2) is 4.79 Å². The fraction of sp³-hybridized carbons (Fsp3) is 0.0833. The van der Waals surface area contributed by atoms with Gasteiger partial charge in [-0.1, -0.05) is 83.5 Å². The normalized spacial score (nSPS) is 10.8. The first-order valence-electron chi connectivity index (χ1n) is 9.49. The molecule has 7 heteroatoms. The van der Waals surface area contributed by atoms with E-state index >= 15 is 0 Å². The van der Waals surface area contributed by atoms with Crippen LogP contribution in [0, 0.1) is 0 Å². The number of esters is 1. The summed E-state index contributed by atoms with van der Waals surface area (Å²) in [6, 6.07) is 24.5. The SMILES string of the molecule is Cn1nc(-c2ccccc2)c(COC(=O)c2ccc(Cl)c(Cl)c2)c1Sc1ccccc1. The van der Waals surface area contributed by atoms with Crippen LogP contribution in [0.3, 0.4) is 0 Å². The second-order valence-corrected chi connectivity index (χ2v) is 8.62. The topological polar surface area (TPSA) is 44.1 Å². The summed E-state index contributed by atoms with van der Waals surface area (Å²) in [5, 5.41) is 6.32. The molecule has 0 saturated heterocycles. The molecule has 0 spiro atoms. The molecule has 0 fully saturated rings. The van der Waals surface area contributed by atoms with Crippen molar-refractivity contribution in [3.8, 4) is 11.3 Å². The predicted molar refractivity (Wildman–Crippen MR) is 125 cm³/mol. The van der Waals surface area contributed by atoms with Crippen LogP contribution in [0.4, 0.5) is 0 Å². The van der Waals surface area contributed by atoms with Crippen LogP contribution < -0.4 is 0 Å². The number of aromatic nitrogens is 2. The standard InChI is InChI=1S/C24H18Cl2N2O2S/c1-28-23(31-18-10-6-3-7-11-18)19(22(27-28)16-8-4-2-5-9-16)15-30-24(29)17-12-13-20(25)21(26)14-17/h2-14H,15H2,1H3. The molecule has 0 aliphatic rings. The number of carbonyl (C=O) groups excluding carboxylic acids is 1. The lowest BCUT2D eigenvalue weighted by Crippen LogP contribution is -2.06. The Morgan fingerprint density at radius 3 is 2.32 bits per heavy atom. The van der Waals surface area contributed by atoms with Crippen LogP contribution in [0.25, 0.3) is 11.3 Å². The maximum atomic E-state index is 12.6. The van der Waals surface area contributed by atoms with Crippen LogP contribution in [-0.4, -0.2) is 15.7 Å². The van der Waals surface area contributed by atoms with Gasteiger partial charge in [-0.2, -0.15) is 5.10 Å². The zero-order chi connectivity index (χ0) is 21.8. The number of rotatable bonds is 6. The van der Waals surface area contributed by atoms with Gasteiger partial charge in [0.05, 0.1) is 15.6 Å². The number of nitrogens with zero attached hydrogens (tertiary/aromatic N) is 2. The van der Waals surface area contributed by atoms with Gasteiger partial charge in [-0.05, 0) is 30.3 Å². The minimum atomic E-state index is -0.475. The highest BCUT2D eigenvalue weighted by molar-refractivity contribution is 7.99. The summed E-state index contributed by atoms with van der Waals surface area (Å²) < 4.78 is 7.48. The number of halogens is 2. The minimum Gasteiger partial charge on any atom is -0.457 e. The molecule has 1 heterocycles. The Balaban J connectivity index is 1.66. The number of benzene rings is 3. The van der Waals surface area contributed by atoms with Crippen molar-refractivity contribution >= 4 is 40.9 Å². The molecular formula is C24H18Cl2N2O2S. The van der Waals surface area contributed by atoms with Gasteiger partial charge in [0.2, 0.25) is 0 Å². The molecule has 4 rings (SSSR count). The molecule has 4 aromatic rings. The number of hydrogen-bond acceptors (Lipinski definition) is 4. The van der Waals surface area contributed by atoms with Gasteiger partial charge in [0, 0.05) is 23.1 Å². The van der Waals surface area contributed by atoms with Crippen molar-refractivity contribution in [2.45, 2.75) is 16.5 Å². The van der Waals surface area contributed by atoms with Crippen molar-refractivity contribution in [3.63, 3.8) is 0 Å². The molecule has 1 aromatic heterocycles. The van der Waals surface area contributed by atoms with Crippen molar-refractivity contribution in [2.75, 3.05) is 0 Å². The number of ether oxygens (including phenoxy) is 1. The zero-order valence-electron chi connectivity index (χ0n) is 16.6. The van der Waals surface area contributed by atoms with Gasteiger partial charge in [0.1, 0.15) is 17.3 Å². The van der Waals surface area contributed by atoms with E-state index in [9.17, 15) is 4.79 Å². The molecule has 0 radical (unpaired) electrons. The van der Waals surface area contributed by atoms with Gasteiger partial charge in [0.15, 0.2) is 0 Å². The number of hydrogen-bond donors (Lipinski definition) is 0. The first-order valence-corrected chi connectivity index (χ1v) is 11.1. The quantitative estimate of drug-likeness (QED) is 0.288. The Bertz CT molecular complexity index is 1210. The molecule has 0 amide bonds. The van der Waals surface area contributed by atoms with Crippen LogP contribution in [-0.2, 0) is 18.4 Å². The van der Waals surface area contributed by atoms with Crippen molar-refractivity contribution in [3.05, 3.63) is 100 Å². The van der Waals surface area contributed by atoms with Crippen molar-refractivity contribution < 1.29 is 9.53 Å². The molecule has 0 N–H and O–H groups in total. The molecule has 0 saturated carbocycles. The molecule has 0 bridgehead atoms. The smallest absolute Gasteiger partial charge is 0.338 e. The third-order valence-corrected chi connectivity index (χ3v) is 6.55. The third kappa shape index (κ3) is 4.96.